The molecular formula is C16H16N2O3. The van der Waals surface area contributed by atoms with Gasteiger partial charge in [-0.1, -0.05) is 24.3 Å². The van der Waals surface area contributed by atoms with Gasteiger partial charge < -0.3 is 9.64 Å². The molecule has 1 aliphatic rings. The fraction of sp³-hybridized carbons (Fsp3) is 0.312. The van der Waals surface area contributed by atoms with Gasteiger partial charge in [-0.25, -0.2) is 0 Å². The number of ether oxygens (including phenoxy) is 1. The Morgan fingerprint density at radius 2 is 2.19 bits per heavy atom. The summed E-state index contributed by atoms with van der Waals surface area (Å²) in [6.07, 6.45) is 1.97. The normalized spacial score (nSPS) is 18.2. The highest BCUT2D eigenvalue weighted by Crippen LogP contribution is 2.24. The van der Waals surface area contributed by atoms with E-state index in [0.717, 1.165) is 16.5 Å². The zero-order chi connectivity index (χ0) is 14.8. The number of benzene rings is 1. The molecule has 1 aromatic carbocycles. The Morgan fingerprint density at radius 3 is 3.00 bits per heavy atom. The van der Waals surface area contributed by atoms with Crippen molar-refractivity contribution in [2.45, 2.75) is 13.0 Å². The molecule has 5 heteroatoms. The monoisotopic (exact) mass is 284 g/mol. The SMILES string of the molecule is COC(=O)C1CC(=O)N(Cc2cccc3cccnc23)C1. The molecule has 0 radical (unpaired) electrons. The molecular weight excluding hydrogens is 268 g/mol. The number of rotatable bonds is 3. The van der Waals surface area contributed by atoms with E-state index in [-0.39, 0.29) is 24.2 Å². The van der Waals surface area contributed by atoms with E-state index in [1.54, 1.807) is 11.1 Å². The molecule has 0 spiro atoms. The second kappa shape index (κ2) is 5.52. The molecule has 1 aliphatic heterocycles. The zero-order valence-electron chi connectivity index (χ0n) is 11.8. The van der Waals surface area contributed by atoms with Gasteiger partial charge in [0.1, 0.15) is 0 Å². The van der Waals surface area contributed by atoms with Gasteiger partial charge in [0.05, 0.1) is 18.5 Å². The third kappa shape index (κ3) is 2.59. The van der Waals surface area contributed by atoms with Gasteiger partial charge in [0.25, 0.3) is 0 Å². The first kappa shape index (κ1) is 13.5. The number of pyridine rings is 1. The average molecular weight is 284 g/mol. The minimum absolute atomic E-state index is 0.0154. The number of nitrogens with zero attached hydrogens (tertiary/aromatic N) is 2. The number of hydrogen-bond acceptors (Lipinski definition) is 4. The molecule has 1 atom stereocenters. The summed E-state index contributed by atoms with van der Waals surface area (Å²) in [6.45, 7) is 0.884. The fourth-order valence-corrected chi connectivity index (χ4v) is 2.75. The number of methoxy groups -OCH3 is 1. The summed E-state index contributed by atoms with van der Waals surface area (Å²) >= 11 is 0. The molecule has 1 unspecified atom stereocenters. The molecule has 0 bridgehead atoms. The highest BCUT2D eigenvalue weighted by molar-refractivity contribution is 5.87. The molecule has 1 saturated heterocycles. The van der Waals surface area contributed by atoms with E-state index in [1.165, 1.54) is 7.11 Å². The van der Waals surface area contributed by atoms with Crippen LogP contribution in [-0.4, -0.2) is 35.4 Å². The van der Waals surface area contributed by atoms with Crippen molar-refractivity contribution < 1.29 is 14.3 Å². The topological polar surface area (TPSA) is 59.5 Å². The Balaban J connectivity index is 1.83. The molecule has 1 fully saturated rings. The lowest BCUT2D eigenvalue weighted by atomic mass is 10.1. The molecule has 108 valence electrons. The van der Waals surface area contributed by atoms with Gasteiger partial charge in [-0.3, -0.25) is 14.6 Å². The lowest BCUT2D eigenvalue weighted by molar-refractivity contribution is -0.145. The van der Waals surface area contributed by atoms with E-state index in [2.05, 4.69) is 4.98 Å². The first-order chi connectivity index (χ1) is 10.2. The minimum atomic E-state index is -0.356. The first-order valence-electron chi connectivity index (χ1n) is 6.87. The van der Waals surface area contributed by atoms with Crippen molar-refractivity contribution in [1.29, 1.82) is 0 Å². The van der Waals surface area contributed by atoms with Crippen molar-refractivity contribution >= 4 is 22.8 Å². The Labute approximate surface area is 122 Å². The molecule has 0 aliphatic carbocycles. The van der Waals surface area contributed by atoms with Crippen LogP contribution in [-0.2, 0) is 20.9 Å². The Bertz CT molecular complexity index is 693. The number of likely N-dealkylation sites (tertiary alicyclic amines) is 1. The van der Waals surface area contributed by atoms with Crippen LogP contribution in [0.3, 0.4) is 0 Å². The summed E-state index contributed by atoms with van der Waals surface area (Å²) in [5.74, 6) is -0.689. The maximum Gasteiger partial charge on any atom is 0.310 e. The van der Waals surface area contributed by atoms with Crippen molar-refractivity contribution in [2.24, 2.45) is 5.92 Å². The van der Waals surface area contributed by atoms with Crippen molar-refractivity contribution in [1.82, 2.24) is 9.88 Å². The number of aromatic nitrogens is 1. The van der Waals surface area contributed by atoms with Crippen LogP contribution in [0.2, 0.25) is 0 Å². The lowest BCUT2D eigenvalue weighted by Crippen LogP contribution is -2.26. The smallest absolute Gasteiger partial charge is 0.310 e. The number of amides is 1. The highest BCUT2D eigenvalue weighted by atomic mass is 16.5. The zero-order valence-corrected chi connectivity index (χ0v) is 11.8. The van der Waals surface area contributed by atoms with Crippen LogP contribution < -0.4 is 0 Å². The summed E-state index contributed by atoms with van der Waals surface area (Å²) in [5, 5.41) is 1.05. The van der Waals surface area contributed by atoms with Crippen LogP contribution in [0.15, 0.2) is 36.5 Å². The highest BCUT2D eigenvalue weighted by Gasteiger charge is 2.35. The molecule has 5 nitrogen and oxygen atoms in total. The second-order valence-electron chi connectivity index (χ2n) is 5.19. The Hall–Kier alpha value is -2.43. The fourth-order valence-electron chi connectivity index (χ4n) is 2.75. The largest absolute Gasteiger partial charge is 0.469 e. The average Bonchev–Trinajstić information content (AvgIpc) is 2.88. The van der Waals surface area contributed by atoms with E-state index < -0.39 is 0 Å². The van der Waals surface area contributed by atoms with E-state index >= 15 is 0 Å². The van der Waals surface area contributed by atoms with Crippen LogP contribution in [0.1, 0.15) is 12.0 Å². The van der Waals surface area contributed by atoms with Crippen molar-refractivity contribution in [2.75, 3.05) is 13.7 Å². The summed E-state index contributed by atoms with van der Waals surface area (Å²) in [7, 11) is 1.35. The van der Waals surface area contributed by atoms with Gasteiger partial charge in [0.2, 0.25) is 5.91 Å². The van der Waals surface area contributed by atoms with E-state index in [0.29, 0.717) is 13.1 Å². The Morgan fingerprint density at radius 1 is 1.38 bits per heavy atom. The van der Waals surface area contributed by atoms with Gasteiger partial charge in [-0.15, -0.1) is 0 Å². The molecule has 2 heterocycles. The van der Waals surface area contributed by atoms with Crippen LogP contribution >= 0.6 is 0 Å². The summed E-state index contributed by atoms with van der Waals surface area (Å²) in [6, 6.07) is 9.80. The standard InChI is InChI=1S/C16H16N2O3/c1-21-16(20)13-8-14(19)18(10-13)9-12-5-2-4-11-6-3-7-17-15(11)12/h2-7,13H,8-10H2,1H3. The van der Waals surface area contributed by atoms with Gasteiger partial charge in [0, 0.05) is 31.1 Å². The summed E-state index contributed by atoms with van der Waals surface area (Å²) < 4.78 is 4.72. The molecule has 1 aromatic heterocycles. The number of esters is 1. The maximum atomic E-state index is 12.0. The summed E-state index contributed by atoms with van der Waals surface area (Å²) in [5.41, 5.74) is 1.89. The maximum absolute atomic E-state index is 12.0. The van der Waals surface area contributed by atoms with Gasteiger partial charge in [-0.05, 0) is 11.6 Å². The second-order valence-corrected chi connectivity index (χ2v) is 5.19. The predicted molar refractivity (Wildman–Crippen MR) is 77.3 cm³/mol. The molecule has 1 amide bonds. The number of carbonyl (C=O) groups excluding carboxylic acids is 2. The van der Waals surface area contributed by atoms with Crippen LogP contribution in [0, 0.1) is 5.92 Å². The third-order valence-electron chi connectivity index (χ3n) is 3.83. The van der Waals surface area contributed by atoms with E-state index in [9.17, 15) is 9.59 Å². The Kier molecular flexibility index (Phi) is 3.56. The number of carbonyl (C=O) groups is 2. The first-order valence-corrected chi connectivity index (χ1v) is 6.87. The van der Waals surface area contributed by atoms with Gasteiger partial charge in [-0.2, -0.15) is 0 Å². The molecule has 0 N–H and O–H groups in total. The number of para-hydroxylation sites is 1. The molecule has 21 heavy (non-hydrogen) atoms. The summed E-state index contributed by atoms with van der Waals surface area (Å²) in [4.78, 5) is 29.7. The van der Waals surface area contributed by atoms with Crippen molar-refractivity contribution in [3.63, 3.8) is 0 Å². The minimum Gasteiger partial charge on any atom is -0.469 e. The van der Waals surface area contributed by atoms with Gasteiger partial charge in [0.15, 0.2) is 0 Å². The molecule has 2 aromatic rings. The number of hydrogen-bond donors (Lipinski definition) is 0. The van der Waals surface area contributed by atoms with Crippen LogP contribution in [0.5, 0.6) is 0 Å². The predicted octanol–water partition coefficient (Wildman–Crippen LogP) is 1.76. The molecule has 0 saturated carbocycles. The quantitative estimate of drug-likeness (QED) is 0.806. The van der Waals surface area contributed by atoms with Gasteiger partial charge >= 0.3 is 5.97 Å². The van der Waals surface area contributed by atoms with Crippen LogP contribution in [0.4, 0.5) is 0 Å². The molecule has 3 rings (SSSR count). The van der Waals surface area contributed by atoms with Crippen LogP contribution in [0.25, 0.3) is 10.9 Å². The number of fused-ring (bicyclic) bond motifs is 1. The van der Waals surface area contributed by atoms with E-state index in [4.69, 9.17) is 4.74 Å². The lowest BCUT2D eigenvalue weighted by Gasteiger charge is -2.17. The van der Waals surface area contributed by atoms with Crippen molar-refractivity contribution in [3.05, 3.63) is 42.1 Å². The van der Waals surface area contributed by atoms with E-state index in [1.807, 2.05) is 30.3 Å². The third-order valence-corrected chi connectivity index (χ3v) is 3.83. The van der Waals surface area contributed by atoms with Crippen molar-refractivity contribution in [3.8, 4) is 0 Å².